The van der Waals surface area contributed by atoms with Gasteiger partial charge in [-0.1, -0.05) is 0 Å². The maximum absolute atomic E-state index is 12.7. The second kappa shape index (κ2) is 7.12. The zero-order chi connectivity index (χ0) is 19.7. The molecule has 1 aliphatic rings. The molecule has 0 aromatic carbocycles. The van der Waals surface area contributed by atoms with Crippen molar-refractivity contribution >= 4 is 17.6 Å². The Bertz CT molecular complexity index is 668. The van der Waals surface area contributed by atoms with E-state index in [2.05, 4.69) is 10.3 Å². The van der Waals surface area contributed by atoms with E-state index in [9.17, 15) is 22.9 Å². The first-order valence-electron chi connectivity index (χ1n) is 8.12. The van der Waals surface area contributed by atoms with Gasteiger partial charge in [-0.05, 0) is 32.9 Å². The Morgan fingerprint density at radius 2 is 2.00 bits per heavy atom. The van der Waals surface area contributed by atoms with Gasteiger partial charge < -0.3 is 14.5 Å². The van der Waals surface area contributed by atoms with Crippen LogP contribution >= 0.6 is 0 Å². The number of anilines is 1. The number of carbonyl (C=O) groups excluding carboxylic acids is 1. The van der Waals surface area contributed by atoms with E-state index in [0.29, 0.717) is 4.68 Å². The van der Waals surface area contributed by atoms with Crippen molar-refractivity contribution in [2.75, 3.05) is 24.5 Å². The third-order valence-corrected chi connectivity index (χ3v) is 3.78. The molecule has 0 aliphatic carbocycles. The fourth-order valence-corrected chi connectivity index (χ4v) is 2.79. The molecule has 1 aliphatic heterocycles. The summed E-state index contributed by atoms with van der Waals surface area (Å²) >= 11 is 0. The molecule has 1 aromatic heterocycles. The molecule has 146 valence electrons. The van der Waals surface area contributed by atoms with Gasteiger partial charge in [-0.2, -0.15) is 18.3 Å². The number of aromatic nitrogens is 2. The molecule has 0 radical (unpaired) electrons. The number of nitroso groups, excluding NO2 is 1. The summed E-state index contributed by atoms with van der Waals surface area (Å²) < 4.78 is 44.3. The lowest BCUT2D eigenvalue weighted by Gasteiger charge is -2.41. The Balaban J connectivity index is 2.17. The van der Waals surface area contributed by atoms with E-state index in [-0.39, 0.29) is 37.2 Å². The number of rotatable bonds is 3. The van der Waals surface area contributed by atoms with Gasteiger partial charge in [0.05, 0.1) is 6.20 Å². The molecule has 1 saturated heterocycles. The summed E-state index contributed by atoms with van der Waals surface area (Å²) in [7, 11) is 0. The summed E-state index contributed by atoms with van der Waals surface area (Å²) in [6, 6.07) is -0.327. The molecule has 0 bridgehead atoms. The van der Waals surface area contributed by atoms with Crippen molar-refractivity contribution in [2.24, 2.45) is 5.18 Å². The summed E-state index contributed by atoms with van der Waals surface area (Å²) in [5.74, 6) is 0.00742. The fourth-order valence-electron chi connectivity index (χ4n) is 2.79. The largest absolute Gasteiger partial charge is 0.444 e. The molecule has 11 heteroatoms. The van der Waals surface area contributed by atoms with Crippen LogP contribution in [0, 0.1) is 4.91 Å². The minimum absolute atomic E-state index is 0.00742. The van der Waals surface area contributed by atoms with Gasteiger partial charge in [0.1, 0.15) is 12.1 Å². The molecule has 1 atom stereocenters. The van der Waals surface area contributed by atoms with Gasteiger partial charge in [0.25, 0.3) is 0 Å². The smallest absolute Gasteiger partial charge is 0.410 e. The summed E-state index contributed by atoms with van der Waals surface area (Å²) in [5, 5.41) is 6.41. The molecule has 8 nitrogen and oxygen atoms in total. The number of piperazine rings is 1. The van der Waals surface area contributed by atoms with Crippen LogP contribution in [0.1, 0.15) is 27.7 Å². The zero-order valence-electron chi connectivity index (χ0n) is 15.1. The monoisotopic (exact) mass is 377 g/mol. The SMILES string of the molecule is CC1CN(c2c(N=O)cnn2CC(F)(F)F)CCN1C(=O)OC(C)(C)C. The lowest BCUT2D eigenvalue weighted by Crippen LogP contribution is -2.55. The molecule has 26 heavy (non-hydrogen) atoms. The van der Waals surface area contributed by atoms with Gasteiger partial charge in [0, 0.05) is 25.7 Å². The van der Waals surface area contributed by atoms with Crippen LogP contribution in [-0.2, 0) is 11.3 Å². The van der Waals surface area contributed by atoms with Crippen LogP contribution in [-0.4, -0.2) is 58.2 Å². The van der Waals surface area contributed by atoms with Gasteiger partial charge >= 0.3 is 12.3 Å². The lowest BCUT2D eigenvalue weighted by atomic mass is 10.2. The Morgan fingerprint density at radius 1 is 1.35 bits per heavy atom. The summed E-state index contributed by atoms with van der Waals surface area (Å²) in [4.78, 5) is 26.3. The van der Waals surface area contributed by atoms with Gasteiger partial charge in [-0.25, -0.2) is 9.48 Å². The Labute approximate surface area is 148 Å². The summed E-state index contributed by atoms with van der Waals surface area (Å²) in [6.45, 7) is 6.40. The minimum atomic E-state index is -4.48. The number of nitrogens with zero attached hydrogens (tertiary/aromatic N) is 5. The molecular formula is C15H22F3N5O3. The van der Waals surface area contributed by atoms with Crippen LogP contribution in [0.5, 0.6) is 0 Å². The van der Waals surface area contributed by atoms with Crippen molar-refractivity contribution in [3.05, 3.63) is 11.1 Å². The average Bonchev–Trinajstić information content (AvgIpc) is 2.85. The highest BCUT2D eigenvalue weighted by Gasteiger charge is 2.35. The topological polar surface area (TPSA) is 80.0 Å². The number of carbonyl (C=O) groups is 1. The first-order chi connectivity index (χ1) is 11.9. The second-order valence-electron chi connectivity index (χ2n) is 7.19. The molecule has 1 amide bonds. The van der Waals surface area contributed by atoms with E-state index < -0.39 is 24.4 Å². The second-order valence-corrected chi connectivity index (χ2v) is 7.19. The van der Waals surface area contributed by atoms with E-state index in [1.54, 1.807) is 32.6 Å². The van der Waals surface area contributed by atoms with Crippen molar-refractivity contribution in [3.8, 4) is 0 Å². The number of alkyl halides is 3. The van der Waals surface area contributed by atoms with Crippen molar-refractivity contribution in [1.29, 1.82) is 0 Å². The standard InChI is InChI=1S/C15H22F3N5O3/c1-10-8-21(5-6-22(10)13(24)26-14(2,3)4)12-11(20-25)7-19-23(12)9-15(16,17)18/h7,10H,5-6,8-9H2,1-4H3. The molecule has 1 aromatic rings. The molecule has 2 rings (SSSR count). The van der Waals surface area contributed by atoms with Crippen LogP contribution in [0.4, 0.5) is 29.5 Å². The highest BCUT2D eigenvalue weighted by atomic mass is 19.4. The van der Waals surface area contributed by atoms with Crippen LogP contribution < -0.4 is 4.90 Å². The van der Waals surface area contributed by atoms with Crippen LogP contribution in [0.25, 0.3) is 0 Å². The maximum atomic E-state index is 12.7. The number of halogens is 3. The van der Waals surface area contributed by atoms with Gasteiger partial charge in [-0.15, -0.1) is 4.91 Å². The van der Waals surface area contributed by atoms with Crippen molar-refractivity contribution in [1.82, 2.24) is 14.7 Å². The van der Waals surface area contributed by atoms with E-state index in [4.69, 9.17) is 4.74 Å². The number of amides is 1. The number of hydrogen-bond acceptors (Lipinski definition) is 6. The lowest BCUT2D eigenvalue weighted by molar-refractivity contribution is -0.142. The van der Waals surface area contributed by atoms with Crippen LogP contribution in [0.15, 0.2) is 11.4 Å². The maximum Gasteiger partial charge on any atom is 0.410 e. The first kappa shape index (κ1) is 20.0. The highest BCUT2D eigenvalue weighted by molar-refractivity contribution is 5.70. The van der Waals surface area contributed by atoms with Gasteiger partial charge in [-0.3, -0.25) is 0 Å². The van der Waals surface area contributed by atoms with E-state index in [1.165, 1.54) is 4.90 Å². The first-order valence-corrected chi connectivity index (χ1v) is 8.12. The third kappa shape index (κ3) is 4.85. The fraction of sp³-hybridized carbons (Fsp3) is 0.733. The molecule has 0 N–H and O–H groups in total. The minimum Gasteiger partial charge on any atom is -0.444 e. The molecular weight excluding hydrogens is 355 g/mol. The average molecular weight is 377 g/mol. The highest BCUT2D eigenvalue weighted by Crippen LogP contribution is 2.32. The molecule has 2 heterocycles. The quantitative estimate of drug-likeness (QED) is 0.755. The Morgan fingerprint density at radius 3 is 2.50 bits per heavy atom. The van der Waals surface area contributed by atoms with E-state index in [0.717, 1.165) is 6.20 Å². The number of ether oxygens (including phenoxy) is 1. The summed E-state index contributed by atoms with van der Waals surface area (Å²) in [6.07, 6.45) is -3.95. The predicted octanol–water partition coefficient (Wildman–Crippen LogP) is 3.29. The molecule has 1 fully saturated rings. The van der Waals surface area contributed by atoms with Crippen molar-refractivity contribution < 1.29 is 22.7 Å². The number of hydrogen-bond donors (Lipinski definition) is 0. The summed E-state index contributed by atoms with van der Waals surface area (Å²) in [5.41, 5.74) is -0.805. The van der Waals surface area contributed by atoms with Crippen LogP contribution in [0.2, 0.25) is 0 Å². The molecule has 0 spiro atoms. The van der Waals surface area contributed by atoms with Gasteiger partial charge in [0.2, 0.25) is 0 Å². The molecule has 0 saturated carbocycles. The van der Waals surface area contributed by atoms with E-state index in [1.807, 2.05) is 0 Å². The normalized spacial score (nSPS) is 18.8. The Hall–Kier alpha value is -2.33. The van der Waals surface area contributed by atoms with E-state index >= 15 is 0 Å². The zero-order valence-corrected chi connectivity index (χ0v) is 15.1. The Kier molecular flexibility index (Phi) is 5.47. The predicted molar refractivity (Wildman–Crippen MR) is 88.4 cm³/mol. The third-order valence-electron chi connectivity index (χ3n) is 3.78. The van der Waals surface area contributed by atoms with Gasteiger partial charge in [0.15, 0.2) is 11.5 Å². The molecule has 1 unspecified atom stereocenters. The van der Waals surface area contributed by atoms with Crippen molar-refractivity contribution in [3.63, 3.8) is 0 Å². The van der Waals surface area contributed by atoms with Crippen molar-refractivity contribution in [2.45, 2.75) is 52.1 Å². The van der Waals surface area contributed by atoms with Crippen LogP contribution in [0.3, 0.4) is 0 Å².